The maximum Gasteiger partial charge on any atom is 0.176 e. The zero-order chi connectivity index (χ0) is 23.9. The minimum atomic E-state index is -0.543. The number of allylic oxidation sites excluding steroid dienone is 1. The molecule has 2 aromatic heterocycles. The normalized spacial score (nSPS) is 28.4. The maximum atomic E-state index is 11.7. The van der Waals surface area contributed by atoms with E-state index < -0.39 is 6.10 Å². The van der Waals surface area contributed by atoms with Gasteiger partial charge in [-0.3, -0.25) is 0 Å². The Labute approximate surface area is 201 Å². The van der Waals surface area contributed by atoms with E-state index in [1.54, 1.807) is 6.26 Å². The Bertz CT molecular complexity index is 1340. The number of furan rings is 2. The largest absolute Gasteiger partial charge is 0.504 e. The SMILES string of the molecule is Cc1c(Cc2c3c(c(O)c4occ(C)c24)CCCC3C)oc2c1C(O)C1(C)C(=CCCC1C)C2. The number of phenols is 1. The molecule has 0 saturated carbocycles. The number of benzene rings is 1. The van der Waals surface area contributed by atoms with Gasteiger partial charge in [-0.25, -0.2) is 0 Å². The van der Waals surface area contributed by atoms with E-state index in [1.807, 2.05) is 0 Å². The molecule has 0 amide bonds. The number of aryl methyl sites for hydroxylation is 1. The van der Waals surface area contributed by atoms with Gasteiger partial charge in [-0.2, -0.15) is 0 Å². The standard InChI is InChI=1S/C30H36O4/c1-15-8-6-11-20-24(15)21(25-16(2)14-33-28(25)27(20)31)13-22-18(4)26-23(34-22)12-19-10-7-9-17(3)30(19,5)29(26)32/h10,14-15,17,29,31-32H,6-9,11-13H2,1-5H3. The lowest BCUT2D eigenvalue weighted by molar-refractivity contribution is 0.00629. The minimum Gasteiger partial charge on any atom is -0.504 e. The number of phenolic OH excluding ortho intramolecular Hbond substituents is 1. The van der Waals surface area contributed by atoms with Crippen molar-refractivity contribution in [3.8, 4) is 5.75 Å². The summed E-state index contributed by atoms with van der Waals surface area (Å²) in [7, 11) is 0. The summed E-state index contributed by atoms with van der Waals surface area (Å²) in [6, 6.07) is 0. The molecule has 0 fully saturated rings. The van der Waals surface area contributed by atoms with Gasteiger partial charge in [0.1, 0.15) is 11.5 Å². The lowest BCUT2D eigenvalue weighted by Gasteiger charge is -2.47. The average Bonchev–Trinajstić information content (AvgIpc) is 3.34. The first kappa shape index (κ1) is 22.0. The smallest absolute Gasteiger partial charge is 0.176 e. The van der Waals surface area contributed by atoms with E-state index in [1.165, 1.54) is 16.7 Å². The molecular weight excluding hydrogens is 424 g/mol. The summed E-state index contributed by atoms with van der Waals surface area (Å²) in [5, 5.41) is 23.7. The Morgan fingerprint density at radius 3 is 2.74 bits per heavy atom. The van der Waals surface area contributed by atoms with Crippen LogP contribution in [0.25, 0.3) is 11.0 Å². The molecular formula is C30H36O4. The van der Waals surface area contributed by atoms with Crippen molar-refractivity contribution in [2.24, 2.45) is 11.3 Å². The Morgan fingerprint density at radius 1 is 1.15 bits per heavy atom. The number of rotatable bonds is 2. The molecule has 4 nitrogen and oxygen atoms in total. The van der Waals surface area contributed by atoms with Crippen LogP contribution in [0.4, 0.5) is 0 Å². The van der Waals surface area contributed by atoms with Crippen molar-refractivity contribution in [3.05, 3.63) is 62.8 Å². The summed E-state index contributed by atoms with van der Waals surface area (Å²) in [4.78, 5) is 0. The lowest BCUT2D eigenvalue weighted by atomic mass is 9.59. The van der Waals surface area contributed by atoms with Crippen LogP contribution in [-0.4, -0.2) is 10.2 Å². The predicted octanol–water partition coefficient (Wildman–Crippen LogP) is 7.33. The second-order valence-electron chi connectivity index (χ2n) is 11.4. The summed E-state index contributed by atoms with van der Waals surface area (Å²) in [6.07, 6.45) is 10.3. The topological polar surface area (TPSA) is 66.7 Å². The molecule has 180 valence electrons. The summed E-state index contributed by atoms with van der Waals surface area (Å²) < 4.78 is 12.4. The van der Waals surface area contributed by atoms with Crippen LogP contribution in [0.5, 0.6) is 5.75 Å². The molecule has 2 heterocycles. The maximum absolute atomic E-state index is 11.7. The van der Waals surface area contributed by atoms with Crippen LogP contribution in [0.2, 0.25) is 0 Å². The van der Waals surface area contributed by atoms with Gasteiger partial charge in [-0.15, -0.1) is 0 Å². The minimum absolute atomic E-state index is 0.224. The third kappa shape index (κ3) is 2.81. The molecule has 3 aliphatic rings. The summed E-state index contributed by atoms with van der Waals surface area (Å²) in [6.45, 7) is 10.9. The molecule has 4 heteroatoms. The van der Waals surface area contributed by atoms with Gasteiger partial charge < -0.3 is 19.0 Å². The molecule has 3 aromatic rings. The molecule has 34 heavy (non-hydrogen) atoms. The first-order valence-electron chi connectivity index (χ1n) is 13.0. The van der Waals surface area contributed by atoms with Crippen molar-refractivity contribution >= 4 is 11.0 Å². The molecule has 4 unspecified atom stereocenters. The molecule has 4 atom stereocenters. The van der Waals surface area contributed by atoms with Gasteiger partial charge in [0.15, 0.2) is 11.3 Å². The number of aliphatic hydroxyl groups excluding tert-OH is 1. The van der Waals surface area contributed by atoms with Gasteiger partial charge in [0.25, 0.3) is 0 Å². The van der Waals surface area contributed by atoms with Crippen LogP contribution in [-0.2, 0) is 19.3 Å². The van der Waals surface area contributed by atoms with Gasteiger partial charge in [0.05, 0.1) is 12.4 Å². The molecule has 0 saturated heterocycles. The molecule has 0 radical (unpaired) electrons. The highest BCUT2D eigenvalue weighted by Gasteiger charge is 2.49. The third-order valence-electron chi connectivity index (χ3n) is 9.59. The lowest BCUT2D eigenvalue weighted by Crippen LogP contribution is -2.40. The Kier molecular flexibility index (Phi) is 4.87. The zero-order valence-electron chi connectivity index (χ0n) is 21.0. The van der Waals surface area contributed by atoms with Crippen LogP contribution in [0.3, 0.4) is 0 Å². The van der Waals surface area contributed by atoms with E-state index in [4.69, 9.17) is 8.83 Å². The van der Waals surface area contributed by atoms with E-state index in [0.29, 0.717) is 29.6 Å². The molecule has 3 aliphatic carbocycles. The predicted molar refractivity (Wildman–Crippen MR) is 133 cm³/mol. The quantitative estimate of drug-likeness (QED) is 0.393. The fourth-order valence-corrected chi connectivity index (χ4v) is 7.32. The van der Waals surface area contributed by atoms with Crippen molar-refractivity contribution in [1.29, 1.82) is 0 Å². The second kappa shape index (κ2) is 7.52. The summed E-state index contributed by atoms with van der Waals surface area (Å²) in [5.41, 5.74) is 8.38. The van der Waals surface area contributed by atoms with Crippen LogP contribution in [0.1, 0.15) is 103 Å². The molecule has 0 spiro atoms. The number of aliphatic hydroxyl groups is 1. The van der Waals surface area contributed by atoms with E-state index in [-0.39, 0.29) is 5.41 Å². The highest BCUT2D eigenvalue weighted by atomic mass is 16.4. The monoisotopic (exact) mass is 460 g/mol. The number of hydrogen-bond donors (Lipinski definition) is 2. The van der Waals surface area contributed by atoms with Gasteiger partial charge in [0.2, 0.25) is 0 Å². The highest BCUT2D eigenvalue weighted by Crippen LogP contribution is 2.57. The Morgan fingerprint density at radius 2 is 1.94 bits per heavy atom. The zero-order valence-corrected chi connectivity index (χ0v) is 21.0. The van der Waals surface area contributed by atoms with E-state index >= 15 is 0 Å². The molecule has 2 N–H and O–H groups in total. The van der Waals surface area contributed by atoms with Gasteiger partial charge >= 0.3 is 0 Å². The second-order valence-corrected chi connectivity index (χ2v) is 11.4. The van der Waals surface area contributed by atoms with Crippen molar-refractivity contribution in [3.63, 3.8) is 0 Å². The van der Waals surface area contributed by atoms with E-state index in [9.17, 15) is 10.2 Å². The van der Waals surface area contributed by atoms with Crippen LogP contribution >= 0.6 is 0 Å². The van der Waals surface area contributed by atoms with E-state index in [0.717, 1.165) is 77.7 Å². The molecule has 6 rings (SSSR count). The van der Waals surface area contributed by atoms with Crippen LogP contribution < -0.4 is 0 Å². The molecule has 0 aliphatic heterocycles. The van der Waals surface area contributed by atoms with Crippen LogP contribution in [0.15, 0.2) is 26.7 Å². The number of fused-ring (bicyclic) bond motifs is 4. The fraction of sp³-hybridized carbons (Fsp3) is 0.533. The third-order valence-corrected chi connectivity index (χ3v) is 9.59. The average molecular weight is 461 g/mol. The van der Waals surface area contributed by atoms with Crippen LogP contribution in [0, 0.1) is 25.2 Å². The van der Waals surface area contributed by atoms with Crippen molar-refractivity contribution in [2.45, 2.75) is 91.6 Å². The fourth-order valence-electron chi connectivity index (χ4n) is 7.32. The van der Waals surface area contributed by atoms with E-state index in [2.05, 4.69) is 40.7 Å². The first-order chi connectivity index (χ1) is 16.2. The van der Waals surface area contributed by atoms with Gasteiger partial charge in [0, 0.05) is 34.8 Å². The van der Waals surface area contributed by atoms with Gasteiger partial charge in [-0.05, 0) is 80.0 Å². The Balaban J connectivity index is 1.52. The van der Waals surface area contributed by atoms with Crippen molar-refractivity contribution in [2.75, 3.05) is 0 Å². The summed E-state index contributed by atoms with van der Waals surface area (Å²) in [5.74, 6) is 3.00. The van der Waals surface area contributed by atoms with Crippen molar-refractivity contribution < 1.29 is 19.0 Å². The number of hydrogen-bond acceptors (Lipinski definition) is 4. The summed E-state index contributed by atoms with van der Waals surface area (Å²) >= 11 is 0. The van der Waals surface area contributed by atoms with Crippen molar-refractivity contribution in [1.82, 2.24) is 0 Å². The van der Waals surface area contributed by atoms with Gasteiger partial charge in [-0.1, -0.05) is 32.4 Å². The first-order valence-corrected chi connectivity index (χ1v) is 13.0. The molecule has 0 bridgehead atoms. The molecule has 1 aromatic carbocycles. The Hall–Kier alpha value is -2.46. The highest BCUT2D eigenvalue weighted by molar-refractivity contribution is 5.92. The number of aromatic hydroxyl groups is 1.